The third-order valence-electron chi connectivity index (χ3n) is 5.81. The number of hydrogen-bond acceptors (Lipinski definition) is 6. The lowest BCUT2D eigenvalue weighted by atomic mass is 9.68. The predicted molar refractivity (Wildman–Crippen MR) is 121 cm³/mol. The Morgan fingerprint density at radius 1 is 0.935 bits per heavy atom. The Labute approximate surface area is 182 Å². The number of aromatic amines is 1. The molecule has 2 aromatic heterocycles. The molecule has 160 valence electrons. The maximum absolute atomic E-state index is 5.90. The normalized spacial score (nSPS) is 12.8. The molecule has 31 heavy (non-hydrogen) atoms. The maximum atomic E-state index is 5.90. The van der Waals surface area contributed by atoms with Crippen molar-refractivity contribution >= 4 is 0 Å². The number of tetrazole rings is 1. The third-order valence-corrected chi connectivity index (χ3v) is 5.81. The van der Waals surface area contributed by atoms with E-state index in [1.165, 1.54) is 11.1 Å². The van der Waals surface area contributed by atoms with E-state index in [9.17, 15) is 0 Å². The van der Waals surface area contributed by atoms with Crippen LogP contribution in [0.15, 0.2) is 72.9 Å². The van der Waals surface area contributed by atoms with E-state index in [1.807, 2.05) is 42.5 Å². The fourth-order valence-corrected chi connectivity index (χ4v) is 3.62. The second-order valence-corrected chi connectivity index (χ2v) is 7.80. The lowest BCUT2D eigenvalue weighted by Crippen LogP contribution is -2.30. The van der Waals surface area contributed by atoms with Crippen LogP contribution in [0.3, 0.4) is 0 Å². The number of rotatable bonds is 7. The molecule has 1 atom stereocenters. The summed E-state index contributed by atoms with van der Waals surface area (Å²) in [6.45, 7) is 7.24. The molecular formula is C24H28N6O. The van der Waals surface area contributed by atoms with Crippen molar-refractivity contribution in [1.29, 1.82) is 0 Å². The summed E-state index contributed by atoms with van der Waals surface area (Å²) in [5, 5.41) is 14.2. The molecule has 4 aromatic rings. The molecule has 0 fully saturated rings. The van der Waals surface area contributed by atoms with E-state index in [0.29, 0.717) is 18.3 Å². The van der Waals surface area contributed by atoms with Gasteiger partial charge in [-0.2, -0.15) is 5.21 Å². The maximum Gasteiger partial charge on any atom is 0.204 e. The van der Waals surface area contributed by atoms with Gasteiger partial charge in [0.25, 0.3) is 0 Å². The smallest absolute Gasteiger partial charge is 0.204 e. The summed E-state index contributed by atoms with van der Waals surface area (Å²) in [6.07, 6.45) is 1.78. The van der Waals surface area contributed by atoms with Crippen molar-refractivity contribution in [2.24, 2.45) is 5.92 Å². The van der Waals surface area contributed by atoms with Gasteiger partial charge in [0, 0.05) is 17.2 Å². The number of pyridine rings is 1. The monoisotopic (exact) mass is 416 g/mol. The van der Waals surface area contributed by atoms with Crippen molar-refractivity contribution in [2.75, 3.05) is 0 Å². The van der Waals surface area contributed by atoms with Gasteiger partial charge in [-0.1, -0.05) is 63.2 Å². The molecule has 7 heteroatoms. The zero-order chi connectivity index (χ0) is 21.0. The molecular weight excluding hydrogens is 388 g/mol. The van der Waals surface area contributed by atoms with E-state index in [0.717, 1.165) is 17.0 Å². The Kier molecular flexibility index (Phi) is 6.77. The lowest BCUT2D eigenvalue weighted by Gasteiger charge is -2.35. The predicted octanol–water partition coefficient (Wildman–Crippen LogP) is 4.96. The van der Waals surface area contributed by atoms with Crippen LogP contribution in [-0.4, -0.2) is 25.6 Å². The van der Waals surface area contributed by atoms with Crippen LogP contribution in [0.1, 0.15) is 37.6 Å². The Morgan fingerprint density at radius 3 is 2.16 bits per heavy atom. The van der Waals surface area contributed by atoms with Gasteiger partial charge < -0.3 is 10.9 Å². The average Bonchev–Trinajstić information content (AvgIpc) is 3.33. The van der Waals surface area contributed by atoms with E-state index in [-0.39, 0.29) is 11.6 Å². The molecule has 0 aliphatic heterocycles. The van der Waals surface area contributed by atoms with E-state index < -0.39 is 0 Å². The first-order valence-corrected chi connectivity index (χ1v) is 10.0. The molecule has 0 aliphatic carbocycles. The first kappa shape index (κ1) is 22.1. The summed E-state index contributed by atoms with van der Waals surface area (Å²) >= 11 is 0. The molecule has 4 N–H and O–H groups in total. The Balaban J connectivity index is 0.00000272. The van der Waals surface area contributed by atoms with Crippen molar-refractivity contribution in [3.8, 4) is 17.1 Å². The van der Waals surface area contributed by atoms with Crippen molar-refractivity contribution in [1.82, 2.24) is 31.8 Å². The van der Waals surface area contributed by atoms with Crippen LogP contribution in [0.25, 0.3) is 11.4 Å². The highest BCUT2D eigenvalue weighted by Crippen LogP contribution is 2.40. The summed E-state index contributed by atoms with van der Waals surface area (Å²) in [5.41, 5.74) is 4.20. The molecule has 2 aromatic carbocycles. The Hall–Kier alpha value is -3.58. The van der Waals surface area contributed by atoms with Crippen molar-refractivity contribution in [2.45, 2.75) is 32.8 Å². The molecule has 4 rings (SSSR count). The quantitative estimate of drug-likeness (QED) is 0.440. The van der Waals surface area contributed by atoms with Gasteiger partial charge in [0.1, 0.15) is 12.4 Å². The highest BCUT2D eigenvalue weighted by molar-refractivity contribution is 5.55. The standard InChI is InChI=1S/C24H25N5O.H3N/c1-17(2)24(3,19-9-7-18(8-10-19)23-26-28-29-27-23)20-11-13-22(14-12-20)30-16-21-6-4-5-15-25-21;/h4-15,17H,16H2,1-3H3,(H,26,27,28,29);1H3. The Morgan fingerprint density at radius 2 is 1.61 bits per heavy atom. The molecule has 1 unspecified atom stereocenters. The van der Waals surface area contributed by atoms with Gasteiger partial charge in [-0.25, -0.2) is 0 Å². The number of nitrogens with one attached hydrogen (secondary N) is 1. The number of H-pyrrole nitrogens is 1. The van der Waals surface area contributed by atoms with Crippen LogP contribution in [0.5, 0.6) is 5.75 Å². The van der Waals surface area contributed by atoms with E-state index in [1.54, 1.807) is 6.20 Å². The van der Waals surface area contributed by atoms with Crippen molar-refractivity contribution in [3.05, 3.63) is 89.7 Å². The molecule has 0 radical (unpaired) electrons. The molecule has 0 amide bonds. The zero-order valence-corrected chi connectivity index (χ0v) is 18.1. The summed E-state index contributed by atoms with van der Waals surface area (Å²) in [4.78, 5) is 4.30. The van der Waals surface area contributed by atoms with Gasteiger partial charge in [0.05, 0.1) is 5.69 Å². The fourth-order valence-electron chi connectivity index (χ4n) is 3.62. The van der Waals surface area contributed by atoms with Crippen LogP contribution in [0.2, 0.25) is 0 Å². The molecule has 0 spiro atoms. The number of aromatic nitrogens is 5. The number of benzene rings is 2. The molecule has 7 nitrogen and oxygen atoms in total. The molecule has 0 aliphatic rings. The summed E-state index contributed by atoms with van der Waals surface area (Å²) in [7, 11) is 0. The van der Waals surface area contributed by atoms with Crippen LogP contribution in [-0.2, 0) is 12.0 Å². The average molecular weight is 417 g/mol. The second-order valence-electron chi connectivity index (χ2n) is 7.80. The molecule has 2 heterocycles. The third kappa shape index (κ3) is 4.62. The highest BCUT2D eigenvalue weighted by Gasteiger charge is 2.32. The van der Waals surface area contributed by atoms with Gasteiger partial charge in [-0.15, -0.1) is 10.2 Å². The summed E-state index contributed by atoms with van der Waals surface area (Å²) in [6, 6.07) is 22.6. The largest absolute Gasteiger partial charge is 0.487 e. The molecule has 0 bridgehead atoms. The Bertz CT molecular complexity index is 1060. The van der Waals surface area contributed by atoms with Crippen LogP contribution in [0, 0.1) is 5.92 Å². The van der Waals surface area contributed by atoms with E-state index >= 15 is 0 Å². The SMILES string of the molecule is CC(C)C(C)(c1ccc(OCc2ccccn2)cc1)c1ccc(-c2nn[nH]n2)cc1.N. The lowest BCUT2D eigenvalue weighted by molar-refractivity contribution is 0.301. The van der Waals surface area contributed by atoms with Gasteiger partial charge in [0.15, 0.2) is 0 Å². The van der Waals surface area contributed by atoms with Crippen molar-refractivity contribution < 1.29 is 4.74 Å². The zero-order valence-electron chi connectivity index (χ0n) is 18.1. The first-order chi connectivity index (χ1) is 14.6. The topological polar surface area (TPSA) is 112 Å². The first-order valence-electron chi connectivity index (χ1n) is 10.0. The minimum atomic E-state index is -0.144. The van der Waals surface area contributed by atoms with Crippen molar-refractivity contribution in [3.63, 3.8) is 0 Å². The van der Waals surface area contributed by atoms with Gasteiger partial charge in [-0.05, 0) is 46.5 Å². The van der Waals surface area contributed by atoms with Crippen LogP contribution >= 0.6 is 0 Å². The van der Waals surface area contributed by atoms with E-state index in [4.69, 9.17) is 4.74 Å². The summed E-state index contributed by atoms with van der Waals surface area (Å²) < 4.78 is 5.90. The van der Waals surface area contributed by atoms with Crippen LogP contribution in [0.4, 0.5) is 0 Å². The number of ether oxygens (including phenoxy) is 1. The number of nitrogens with zero attached hydrogens (tertiary/aromatic N) is 4. The minimum absolute atomic E-state index is 0. The van der Waals surface area contributed by atoms with Crippen LogP contribution < -0.4 is 10.9 Å². The molecule has 0 saturated heterocycles. The fraction of sp³-hybridized carbons (Fsp3) is 0.250. The van der Waals surface area contributed by atoms with Gasteiger partial charge >= 0.3 is 0 Å². The highest BCUT2D eigenvalue weighted by atomic mass is 16.5. The second kappa shape index (κ2) is 9.49. The summed E-state index contributed by atoms with van der Waals surface area (Å²) in [5.74, 6) is 1.83. The van der Waals surface area contributed by atoms with Gasteiger partial charge in [-0.3, -0.25) is 4.98 Å². The van der Waals surface area contributed by atoms with E-state index in [2.05, 4.69) is 70.6 Å². The molecule has 0 saturated carbocycles. The number of hydrogen-bond donors (Lipinski definition) is 2. The van der Waals surface area contributed by atoms with Gasteiger partial charge in [0.2, 0.25) is 5.82 Å². The minimum Gasteiger partial charge on any atom is -0.487 e.